The Morgan fingerprint density at radius 3 is 2.40 bits per heavy atom. The summed E-state index contributed by atoms with van der Waals surface area (Å²) in [4.78, 5) is 68.0. The number of piperazine rings is 1. The van der Waals surface area contributed by atoms with Gasteiger partial charge in [0.25, 0.3) is 17.7 Å². The molecule has 222 valence electrons. The molecule has 0 bridgehead atoms. The van der Waals surface area contributed by atoms with Gasteiger partial charge in [-0.05, 0) is 50.1 Å². The molecule has 2 N–H and O–H groups in total. The average molecular weight is 576 g/mol. The number of hydrogen-bond donors (Lipinski definition) is 2. The smallest absolute Gasteiger partial charge is 0.266 e. The van der Waals surface area contributed by atoms with Crippen LogP contribution in [0.2, 0.25) is 0 Å². The second-order valence-corrected chi connectivity index (χ2v) is 10.8. The standard InChI is InChI=1S/C31H37N5O6/c37-26-14-13-24(29(39)33-26)36-30(40)23-11-8-12-25(28(23)31(36)41)42-21-27(38)32-15-6-1-2-7-16-34-17-19-35(20-18-34)22-9-4-3-5-10-22/h3-5,8-12,24H,1-2,6-7,13-21H2,(H,32,38)(H,33,37,39). The number of fused-ring (bicyclic) bond motifs is 1. The maximum Gasteiger partial charge on any atom is 0.266 e. The van der Waals surface area contributed by atoms with Gasteiger partial charge in [0.1, 0.15) is 11.8 Å². The summed E-state index contributed by atoms with van der Waals surface area (Å²) in [6, 6.07) is 14.0. The Hall–Kier alpha value is -4.25. The van der Waals surface area contributed by atoms with Crippen LogP contribution in [0.5, 0.6) is 5.75 Å². The van der Waals surface area contributed by atoms with Crippen molar-refractivity contribution in [3.8, 4) is 5.75 Å². The van der Waals surface area contributed by atoms with Crippen LogP contribution in [0, 0.1) is 0 Å². The Morgan fingerprint density at radius 2 is 1.64 bits per heavy atom. The molecule has 3 heterocycles. The number of amides is 5. The van der Waals surface area contributed by atoms with E-state index in [2.05, 4.69) is 44.7 Å². The molecule has 0 saturated carbocycles. The number of carbonyl (C=O) groups is 5. The van der Waals surface area contributed by atoms with Crippen LogP contribution in [0.1, 0.15) is 59.2 Å². The van der Waals surface area contributed by atoms with E-state index in [0.717, 1.165) is 63.3 Å². The molecule has 0 spiro atoms. The number of piperidine rings is 1. The molecule has 5 rings (SSSR count). The van der Waals surface area contributed by atoms with Crippen molar-refractivity contribution in [2.24, 2.45) is 0 Å². The highest BCUT2D eigenvalue weighted by atomic mass is 16.5. The van der Waals surface area contributed by atoms with Crippen molar-refractivity contribution in [1.29, 1.82) is 0 Å². The molecule has 2 saturated heterocycles. The number of benzene rings is 2. The molecule has 2 aromatic rings. The molecule has 11 nitrogen and oxygen atoms in total. The Labute approximate surface area is 245 Å². The van der Waals surface area contributed by atoms with Crippen molar-refractivity contribution >= 4 is 35.2 Å². The summed E-state index contributed by atoms with van der Waals surface area (Å²) in [5.74, 6) is -2.60. The molecule has 11 heteroatoms. The predicted molar refractivity (Wildman–Crippen MR) is 155 cm³/mol. The molecular weight excluding hydrogens is 538 g/mol. The fourth-order valence-electron chi connectivity index (χ4n) is 5.71. The molecule has 1 atom stereocenters. The molecule has 5 amide bonds. The van der Waals surface area contributed by atoms with Crippen molar-refractivity contribution in [2.75, 3.05) is 50.8 Å². The first kappa shape index (κ1) is 29.2. The number of hydrogen-bond acceptors (Lipinski definition) is 8. The first-order chi connectivity index (χ1) is 20.4. The van der Waals surface area contributed by atoms with Crippen LogP contribution in [0.3, 0.4) is 0 Å². The minimum absolute atomic E-state index is 0.0291. The Balaban J connectivity index is 0.979. The van der Waals surface area contributed by atoms with Crippen molar-refractivity contribution in [3.05, 3.63) is 59.7 Å². The van der Waals surface area contributed by atoms with Crippen molar-refractivity contribution in [3.63, 3.8) is 0 Å². The van der Waals surface area contributed by atoms with Gasteiger partial charge < -0.3 is 15.0 Å². The van der Waals surface area contributed by atoms with E-state index in [1.807, 2.05) is 6.07 Å². The van der Waals surface area contributed by atoms with Gasteiger partial charge in [0.15, 0.2) is 6.61 Å². The SMILES string of the molecule is O=C(COc1cccc2c1C(=O)N(C1CCC(=O)NC1=O)C2=O)NCCCCCCN1CCN(c2ccccc2)CC1. The Bertz CT molecular complexity index is 1320. The zero-order valence-corrected chi connectivity index (χ0v) is 23.7. The van der Waals surface area contributed by atoms with Crippen LogP contribution in [0.25, 0.3) is 0 Å². The fourth-order valence-corrected chi connectivity index (χ4v) is 5.71. The molecule has 2 fully saturated rings. The predicted octanol–water partition coefficient (Wildman–Crippen LogP) is 1.97. The summed E-state index contributed by atoms with van der Waals surface area (Å²) < 4.78 is 5.63. The highest BCUT2D eigenvalue weighted by Gasteiger charge is 2.46. The highest BCUT2D eigenvalue weighted by Crippen LogP contribution is 2.33. The van der Waals surface area contributed by atoms with Crippen LogP contribution in [0.4, 0.5) is 5.69 Å². The zero-order valence-electron chi connectivity index (χ0n) is 23.7. The number of anilines is 1. The summed E-state index contributed by atoms with van der Waals surface area (Å²) in [6.45, 7) is 5.57. The second kappa shape index (κ2) is 13.6. The van der Waals surface area contributed by atoms with Crippen LogP contribution >= 0.6 is 0 Å². The molecule has 0 radical (unpaired) electrons. The van der Waals surface area contributed by atoms with Gasteiger partial charge in [0.05, 0.1) is 11.1 Å². The number of nitrogens with one attached hydrogen (secondary N) is 2. The van der Waals surface area contributed by atoms with Crippen molar-refractivity contribution < 1.29 is 28.7 Å². The van der Waals surface area contributed by atoms with Gasteiger partial charge in [-0.15, -0.1) is 0 Å². The van der Waals surface area contributed by atoms with Gasteiger partial charge in [-0.25, -0.2) is 0 Å². The van der Waals surface area contributed by atoms with E-state index in [-0.39, 0.29) is 42.2 Å². The molecule has 2 aromatic carbocycles. The lowest BCUT2D eigenvalue weighted by molar-refractivity contribution is -0.136. The number of para-hydroxylation sites is 1. The fraction of sp³-hybridized carbons (Fsp3) is 0.452. The monoisotopic (exact) mass is 575 g/mol. The minimum Gasteiger partial charge on any atom is -0.483 e. The van der Waals surface area contributed by atoms with Gasteiger partial charge in [0, 0.05) is 44.8 Å². The van der Waals surface area contributed by atoms with E-state index in [0.29, 0.717) is 6.54 Å². The van der Waals surface area contributed by atoms with Gasteiger partial charge in [-0.1, -0.05) is 37.1 Å². The zero-order chi connectivity index (χ0) is 29.5. The number of nitrogens with zero attached hydrogens (tertiary/aromatic N) is 3. The maximum absolute atomic E-state index is 13.1. The van der Waals surface area contributed by atoms with E-state index < -0.39 is 29.7 Å². The van der Waals surface area contributed by atoms with Gasteiger partial charge in [-0.3, -0.25) is 39.1 Å². The third-order valence-electron chi connectivity index (χ3n) is 8.01. The molecular formula is C31H37N5O6. The molecule has 0 aromatic heterocycles. The van der Waals surface area contributed by atoms with Gasteiger partial charge in [0.2, 0.25) is 11.8 Å². The summed E-state index contributed by atoms with van der Waals surface area (Å²) in [5, 5.41) is 5.02. The van der Waals surface area contributed by atoms with E-state index >= 15 is 0 Å². The molecule has 3 aliphatic heterocycles. The van der Waals surface area contributed by atoms with Crippen LogP contribution in [0.15, 0.2) is 48.5 Å². The van der Waals surface area contributed by atoms with Crippen molar-refractivity contribution in [1.82, 2.24) is 20.4 Å². The third kappa shape index (κ3) is 6.79. The van der Waals surface area contributed by atoms with Gasteiger partial charge >= 0.3 is 0 Å². The number of carbonyl (C=O) groups excluding carboxylic acids is 5. The minimum atomic E-state index is -1.06. The number of imide groups is 2. The number of unbranched alkanes of at least 4 members (excludes halogenated alkanes) is 3. The molecule has 42 heavy (non-hydrogen) atoms. The van der Waals surface area contributed by atoms with E-state index in [1.165, 1.54) is 17.8 Å². The largest absolute Gasteiger partial charge is 0.483 e. The summed E-state index contributed by atoms with van der Waals surface area (Å²) in [5.41, 5.74) is 1.43. The van der Waals surface area contributed by atoms with Crippen molar-refractivity contribution in [2.45, 2.75) is 44.6 Å². The molecule has 1 unspecified atom stereocenters. The molecule has 3 aliphatic rings. The summed E-state index contributed by atoms with van der Waals surface area (Å²) in [6.07, 6.45) is 4.22. The van der Waals surface area contributed by atoms with E-state index in [4.69, 9.17) is 4.74 Å². The first-order valence-electron chi connectivity index (χ1n) is 14.7. The summed E-state index contributed by atoms with van der Waals surface area (Å²) in [7, 11) is 0. The summed E-state index contributed by atoms with van der Waals surface area (Å²) >= 11 is 0. The van der Waals surface area contributed by atoms with Crippen LogP contribution in [-0.4, -0.2) is 91.3 Å². The highest BCUT2D eigenvalue weighted by molar-refractivity contribution is 6.24. The average Bonchev–Trinajstić information content (AvgIpc) is 3.26. The van der Waals surface area contributed by atoms with E-state index in [1.54, 1.807) is 6.07 Å². The second-order valence-electron chi connectivity index (χ2n) is 10.8. The van der Waals surface area contributed by atoms with Crippen LogP contribution < -0.4 is 20.3 Å². The number of ether oxygens (including phenoxy) is 1. The lowest BCUT2D eigenvalue weighted by Gasteiger charge is -2.36. The first-order valence-corrected chi connectivity index (χ1v) is 14.7. The van der Waals surface area contributed by atoms with E-state index in [9.17, 15) is 24.0 Å². The lowest BCUT2D eigenvalue weighted by atomic mass is 10.0. The Kier molecular flexibility index (Phi) is 9.48. The van der Waals surface area contributed by atoms with Gasteiger partial charge in [-0.2, -0.15) is 0 Å². The topological polar surface area (TPSA) is 128 Å². The lowest BCUT2D eigenvalue weighted by Crippen LogP contribution is -2.54. The third-order valence-corrected chi connectivity index (χ3v) is 8.01. The maximum atomic E-state index is 13.1. The van der Waals surface area contributed by atoms with Crippen LogP contribution in [-0.2, 0) is 14.4 Å². The normalized spacial score (nSPS) is 19.1. The molecule has 0 aliphatic carbocycles. The quantitative estimate of drug-likeness (QED) is 0.291. The number of rotatable bonds is 12. The Morgan fingerprint density at radius 1 is 0.881 bits per heavy atom.